The molecule has 122 valence electrons. The first-order valence-electron chi connectivity index (χ1n) is 7.53. The molecule has 0 spiro atoms. The molecule has 2 heterocycles. The van der Waals surface area contributed by atoms with Gasteiger partial charge in [0, 0.05) is 29.9 Å². The minimum Gasteiger partial charge on any atom is -0.497 e. The third-order valence-corrected chi connectivity index (χ3v) is 4.39. The maximum absolute atomic E-state index is 12.2. The minimum absolute atomic E-state index is 0.157. The number of nitrogens with one attached hydrogen (secondary N) is 1. The summed E-state index contributed by atoms with van der Waals surface area (Å²) >= 11 is 1.44. The van der Waals surface area contributed by atoms with Crippen LogP contribution in [0.5, 0.6) is 5.75 Å². The summed E-state index contributed by atoms with van der Waals surface area (Å²) < 4.78 is 5.13. The third-order valence-electron chi connectivity index (χ3n) is 3.50. The maximum atomic E-state index is 12.2. The molecular weight excluding hydrogens is 322 g/mol. The maximum Gasteiger partial charge on any atom is 0.270 e. The second-order valence-corrected chi connectivity index (χ2v) is 5.99. The number of hydrogen-bond donors (Lipinski definition) is 1. The Bertz CT molecular complexity index is 801. The number of benzene rings is 1. The molecule has 0 aliphatic carbocycles. The number of pyridine rings is 1. The second-order valence-electron chi connectivity index (χ2n) is 5.13. The van der Waals surface area contributed by atoms with Gasteiger partial charge in [-0.3, -0.25) is 9.78 Å². The van der Waals surface area contributed by atoms with Crippen molar-refractivity contribution in [3.63, 3.8) is 0 Å². The van der Waals surface area contributed by atoms with Crippen molar-refractivity contribution in [1.82, 2.24) is 15.3 Å². The summed E-state index contributed by atoms with van der Waals surface area (Å²) in [6.45, 7) is 0.560. The molecule has 2 aromatic heterocycles. The lowest BCUT2D eigenvalue weighted by atomic mass is 10.1. The molecule has 1 aromatic carbocycles. The number of carbonyl (C=O) groups excluding carboxylic acids is 1. The molecule has 1 amide bonds. The van der Waals surface area contributed by atoms with E-state index >= 15 is 0 Å². The fraction of sp³-hybridized carbons (Fsp3) is 0.167. The summed E-state index contributed by atoms with van der Waals surface area (Å²) in [6.07, 6.45) is 4.21. The van der Waals surface area contributed by atoms with Crippen LogP contribution in [0.1, 0.15) is 16.1 Å². The number of rotatable bonds is 6. The molecule has 0 saturated carbocycles. The number of amides is 1. The van der Waals surface area contributed by atoms with Crippen molar-refractivity contribution in [1.29, 1.82) is 0 Å². The lowest BCUT2D eigenvalue weighted by Gasteiger charge is -2.05. The van der Waals surface area contributed by atoms with Crippen molar-refractivity contribution in [2.45, 2.75) is 6.42 Å². The number of ether oxygens (including phenoxy) is 1. The Balaban J connectivity index is 1.54. The van der Waals surface area contributed by atoms with Gasteiger partial charge in [-0.25, -0.2) is 4.98 Å². The minimum atomic E-state index is -0.157. The lowest BCUT2D eigenvalue weighted by Crippen LogP contribution is -2.25. The molecule has 0 bridgehead atoms. The molecule has 3 aromatic rings. The Morgan fingerprint density at radius 3 is 2.79 bits per heavy atom. The first kappa shape index (κ1) is 16.1. The largest absolute Gasteiger partial charge is 0.497 e. The predicted molar refractivity (Wildman–Crippen MR) is 94.4 cm³/mol. The molecule has 1 N–H and O–H groups in total. The summed E-state index contributed by atoms with van der Waals surface area (Å²) in [7, 11) is 1.64. The Labute approximate surface area is 144 Å². The fourth-order valence-corrected chi connectivity index (χ4v) is 2.99. The van der Waals surface area contributed by atoms with E-state index in [4.69, 9.17) is 4.74 Å². The van der Waals surface area contributed by atoms with Gasteiger partial charge in [0.15, 0.2) is 0 Å². The zero-order chi connectivity index (χ0) is 16.8. The molecule has 0 unspecified atom stereocenters. The summed E-state index contributed by atoms with van der Waals surface area (Å²) in [5, 5.41) is 5.46. The van der Waals surface area contributed by atoms with Gasteiger partial charge in [0.2, 0.25) is 0 Å². The van der Waals surface area contributed by atoms with Crippen LogP contribution in [0.4, 0.5) is 0 Å². The van der Waals surface area contributed by atoms with Gasteiger partial charge in [-0.1, -0.05) is 12.1 Å². The molecule has 0 fully saturated rings. The first-order valence-corrected chi connectivity index (χ1v) is 8.41. The van der Waals surface area contributed by atoms with Gasteiger partial charge < -0.3 is 10.1 Å². The van der Waals surface area contributed by atoms with Crippen molar-refractivity contribution in [3.8, 4) is 16.3 Å². The number of hydrogen-bond acceptors (Lipinski definition) is 5. The Morgan fingerprint density at radius 1 is 1.25 bits per heavy atom. The molecule has 0 radical (unpaired) electrons. The van der Waals surface area contributed by atoms with Crippen LogP contribution in [0, 0.1) is 0 Å². The first-order chi connectivity index (χ1) is 11.8. The highest BCUT2D eigenvalue weighted by molar-refractivity contribution is 7.13. The summed E-state index contributed by atoms with van der Waals surface area (Å²) in [4.78, 5) is 20.6. The van der Waals surface area contributed by atoms with E-state index in [0.717, 1.165) is 28.3 Å². The Morgan fingerprint density at radius 2 is 2.08 bits per heavy atom. The van der Waals surface area contributed by atoms with Gasteiger partial charge in [-0.2, -0.15) is 0 Å². The molecule has 0 aliphatic heterocycles. The summed E-state index contributed by atoms with van der Waals surface area (Å²) in [5.41, 5.74) is 2.50. The van der Waals surface area contributed by atoms with Crippen LogP contribution in [0.2, 0.25) is 0 Å². The highest BCUT2D eigenvalue weighted by Crippen LogP contribution is 2.22. The van der Waals surface area contributed by atoms with E-state index in [0.29, 0.717) is 12.2 Å². The van der Waals surface area contributed by atoms with Crippen LogP contribution in [0.15, 0.2) is 54.2 Å². The van der Waals surface area contributed by atoms with Gasteiger partial charge in [-0.05, 0) is 36.2 Å². The molecule has 6 heteroatoms. The van der Waals surface area contributed by atoms with Crippen LogP contribution in [-0.2, 0) is 6.42 Å². The van der Waals surface area contributed by atoms with Crippen molar-refractivity contribution in [2.24, 2.45) is 0 Å². The molecule has 24 heavy (non-hydrogen) atoms. The lowest BCUT2D eigenvalue weighted by molar-refractivity contribution is 0.0950. The average molecular weight is 339 g/mol. The molecule has 0 saturated heterocycles. The summed E-state index contributed by atoms with van der Waals surface area (Å²) in [5.74, 6) is 0.670. The van der Waals surface area contributed by atoms with E-state index in [-0.39, 0.29) is 5.91 Å². The van der Waals surface area contributed by atoms with Gasteiger partial charge in [0.05, 0.1) is 7.11 Å². The van der Waals surface area contributed by atoms with E-state index in [1.165, 1.54) is 11.3 Å². The van der Waals surface area contributed by atoms with E-state index < -0.39 is 0 Å². The molecule has 5 nitrogen and oxygen atoms in total. The van der Waals surface area contributed by atoms with Crippen molar-refractivity contribution in [3.05, 3.63) is 65.4 Å². The average Bonchev–Trinajstić information content (AvgIpc) is 3.13. The Hall–Kier alpha value is -2.73. The third kappa shape index (κ3) is 3.97. The highest BCUT2D eigenvalue weighted by Gasteiger charge is 2.11. The smallest absolute Gasteiger partial charge is 0.270 e. The SMILES string of the molecule is COc1ccc(CCNC(=O)c2csc(-c3cccnc3)n2)cc1. The van der Waals surface area contributed by atoms with Gasteiger partial charge in [0.1, 0.15) is 16.5 Å². The normalized spacial score (nSPS) is 10.4. The van der Waals surface area contributed by atoms with Crippen LogP contribution >= 0.6 is 11.3 Å². The predicted octanol–water partition coefficient (Wildman–Crippen LogP) is 3.19. The van der Waals surface area contributed by atoms with E-state index in [2.05, 4.69) is 15.3 Å². The van der Waals surface area contributed by atoms with Gasteiger partial charge >= 0.3 is 0 Å². The number of carbonyl (C=O) groups is 1. The standard InChI is InChI=1S/C18H17N3O2S/c1-23-15-6-4-13(5-7-15)8-10-20-17(22)16-12-24-18(21-16)14-3-2-9-19-11-14/h2-7,9,11-12H,8,10H2,1H3,(H,20,22). The van der Waals surface area contributed by atoms with Crippen LogP contribution < -0.4 is 10.1 Å². The van der Waals surface area contributed by atoms with Crippen LogP contribution in [0.3, 0.4) is 0 Å². The van der Waals surface area contributed by atoms with E-state index in [1.807, 2.05) is 36.4 Å². The zero-order valence-electron chi connectivity index (χ0n) is 13.2. The fourth-order valence-electron chi connectivity index (χ4n) is 2.20. The van der Waals surface area contributed by atoms with Crippen LogP contribution in [0.25, 0.3) is 10.6 Å². The van der Waals surface area contributed by atoms with E-state index in [1.54, 1.807) is 24.9 Å². The number of methoxy groups -OCH3 is 1. The zero-order valence-corrected chi connectivity index (χ0v) is 14.0. The quantitative estimate of drug-likeness (QED) is 0.749. The van der Waals surface area contributed by atoms with Gasteiger partial charge in [0.25, 0.3) is 5.91 Å². The highest BCUT2D eigenvalue weighted by atomic mass is 32.1. The van der Waals surface area contributed by atoms with Gasteiger partial charge in [-0.15, -0.1) is 11.3 Å². The van der Waals surface area contributed by atoms with Crippen molar-refractivity contribution >= 4 is 17.2 Å². The number of aromatic nitrogens is 2. The second kappa shape index (κ2) is 7.70. The molecular formula is C18H17N3O2S. The molecule has 0 atom stereocenters. The topological polar surface area (TPSA) is 64.1 Å². The number of thiazole rings is 1. The Kier molecular flexibility index (Phi) is 5.18. The number of nitrogens with zero attached hydrogens (tertiary/aromatic N) is 2. The van der Waals surface area contributed by atoms with Crippen molar-refractivity contribution in [2.75, 3.05) is 13.7 Å². The molecule has 3 rings (SSSR count). The monoisotopic (exact) mass is 339 g/mol. The van der Waals surface area contributed by atoms with Crippen molar-refractivity contribution < 1.29 is 9.53 Å². The summed E-state index contributed by atoms with van der Waals surface area (Å²) in [6, 6.07) is 11.6. The van der Waals surface area contributed by atoms with E-state index in [9.17, 15) is 4.79 Å². The molecule has 0 aliphatic rings. The van der Waals surface area contributed by atoms with Crippen LogP contribution in [-0.4, -0.2) is 29.5 Å².